The topological polar surface area (TPSA) is 63.8 Å². The van der Waals surface area contributed by atoms with Crippen LogP contribution in [0.1, 0.15) is 34.6 Å². The van der Waals surface area contributed by atoms with E-state index in [1.807, 2.05) is 62.4 Å². The lowest BCUT2D eigenvalue weighted by Gasteiger charge is -2.26. The van der Waals surface area contributed by atoms with Gasteiger partial charge in [0.25, 0.3) is 0 Å². The summed E-state index contributed by atoms with van der Waals surface area (Å²) in [4.78, 5) is 18.6. The van der Waals surface area contributed by atoms with Gasteiger partial charge in [-0.15, -0.1) is 0 Å². The van der Waals surface area contributed by atoms with Crippen LogP contribution < -0.4 is 4.74 Å². The number of ether oxygens (including phenoxy) is 3. The molecule has 0 radical (unpaired) electrons. The molecule has 1 atom stereocenters. The Hall–Kier alpha value is -2.83. The van der Waals surface area contributed by atoms with E-state index in [1.54, 1.807) is 0 Å². The zero-order chi connectivity index (χ0) is 20.9. The molecule has 1 aliphatic rings. The molecule has 1 aromatic heterocycles. The highest BCUT2D eigenvalue weighted by Crippen LogP contribution is 2.29. The first-order valence-electron chi connectivity index (χ1n) is 10.4. The molecule has 4 rings (SSSR count). The van der Waals surface area contributed by atoms with Crippen molar-refractivity contribution in [3.05, 3.63) is 65.4 Å². The lowest BCUT2D eigenvalue weighted by atomic mass is 10.1. The summed E-state index contributed by atoms with van der Waals surface area (Å²) in [5.41, 5.74) is 3.22. The Balaban J connectivity index is 1.46. The molecule has 158 valence electrons. The minimum atomic E-state index is -0.333. The molecule has 1 unspecified atom stereocenters. The summed E-state index contributed by atoms with van der Waals surface area (Å²) < 4.78 is 17.1. The number of nitrogens with one attached hydrogen (secondary N) is 1. The molecule has 1 aliphatic heterocycles. The van der Waals surface area contributed by atoms with Crippen LogP contribution in [-0.2, 0) is 9.47 Å². The average Bonchev–Trinajstić information content (AvgIpc) is 3.10. The SMILES string of the molecule is Cc1[nH]c2ccc(OCCN3CCOCC3)cc2c1C(=O)OC(C)c1ccccc1. The Bertz CT molecular complexity index is 993. The third-order valence-electron chi connectivity index (χ3n) is 5.49. The van der Waals surface area contributed by atoms with Crippen molar-refractivity contribution in [1.29, 1.82) is 0 Å². The van der Waals surface area contributed by atoms with Crippen molar-refractivity contribution >= 4 is 16.9 Å². The Morgan fingerprint density at radius 1 is 1.17 bits per heavy atom. The van der Waals surface area contributed by atoms with Gasteiger partial charge in [0.1, 0.15) is 18.5 Å². The average molecular weight is 408 g/mol. The third-order valence-corrected chi connectivity index (χ3v) is 5.49. The van der Waals surface area contributed by atoms with Crippen molar-refractivity contribution in [3.63, 3.8) is 0 Å². The second kappa shape index (κ2) is 9.32. The Morgan fingerprint density at radius 3 is 2.70 bits per heavy atom. The predicted octanol–water partition coefficient (Wildman–Crippen LogP) is 4.11. The number of aromatic nitrogens is 1. The number of H-pyrrole nitrogens is 1. The summed E-state index contributed by atoms with van der Waals surface area (Å²) in [6.45, 7) is 8.67. The molecule has 0 bridgehead atoms. The fourth-order valence-corrected chi connectivity index (χ4v) is 3.79. The molecule has 0 saturated carbocycles. The van der Waals surface area contributed by atoms with Crippen LogP contribution in [0.2, 0.25) is 0 Å². The van der Waals surface area contributed by atoms with E-state index in [2.05, 4.69) is 9.88 Å². The van der Waals surface area contributed by atoms with E-state index in [4.69, 9.17) is 14.2 Å². The van der Waals surface area contributed by atoms with Crippen LogP contribution in [0.5, 0.6) is 5.75 Å². The van der Waals surface area contributed by atoms with Gasteiger partial charge in [0, 0.05) is 36.2 Å². The smallest absolute Gasteiger partial charge is 0.341 e. The normalized spacial score (nSPS) is 15.8. The summed E-state index contributed by atoms with van der Waals surface area (Å²) in [6, 6.07) is 15.5. The van der Waals surface area contributed by atoms with Gasteiger partial charge in [-0.2, -0.15) is 0 Å². The molecule has 1 fully saturated rings. The summed E-state index contributed by atoms with van der Waals surface area (Å²) in [6.07, 6.45) is -0.323. The molecule has 2 aromatic carbocycles. The van der Waals surface area contributed by atoms with E-state index in [9.17, 15) is 4.79 Å². The quantitative estimate of drug-likeness (QED) is 0.596. The lowest BCUT2D eigenvalue weighted by Crippen LogP contribution is -2.38. The second-order valence-electron chi connectivity index (χ2n) is 7.59. The molecule has 1 N–H and O–H groups in total. The Kier molecular flexibility index (Phi) is 6.35. The van der Waals surface area contributed by atoms with Crippen LogP contribution in [0.15, 0.2) is 48.5 Å². The van der Waals surface area contributed by atoms with Crippen LogP contribution in [-0.4, -0.2) is 55.3 Å². The van der Waals surface area contributed by atoms with Crippen LogP contribution in [0.25, 0.3) is 10.9 Å². The van der Waals surface area contributed by atoms with Crippen molar-refractivity contribution in [2.75, 3.05) is 39.5 Å². The van der Waals surface area contributed by atoms with Gasteiger partial charge in [0.2, 0.25) is 0 Å². The van der Waals surface area contributed by atoms with Gasteiger partial charge in [0.15, 0.2) is 0 Å². The third kappa shape index (κ3) is 4.66. The van der Waals surface area contributed by atoms with Crippen LogP contribution in [0.4, 0.5) is 0 Å². The maximum Gasteiger partial charge on any atom is 0.341 e. The number of esters is 1. The largest absolute Gasteiger partial charge is 0.492 e. The molecule has 3 aromatic rings. The molecule has 30 heavy (non-hydrogen) atoms. The molecule has 0 spiro atoms. The zero-order valence-corrected chi connectivity index (χ0v) is 17.5. The monoisotopic (exact) mass is 408 g/mol. The van der Waals surface area contributed by atoms with Crippen LogP contribution in [0.3, 0.4) is 0 Å². The standard InChI is InChI=1S/C24H28N2O4/c1-17-23(24(27)30-18(2)19-6-4-3-5-7-19)21-16-20(8-9-22(21)25-17)29-15-12-26-10-13-28-14-11-26/h3-9,16,18,25H,10-15H2,1-2H3. The predicted molar refractivity (Wildman–Crippen MR) is 116 cm³/mol. The number of benzene rings is 2. The van der Waals surface area contributed by atoms with Crippen molar-refractivity contribution < 1.29 is 19.0 Å². The van der Waals surface area contributed by atoms with E-state index in [1.165, 1.54) is 0 Å². The highest BCUT2D eigenvalue weighted by atomic mass is 16.5. The Morgan fingerprint density at radius 2 is 1.93 bits per heavy atom. The van der Waals surface area contributed by atoms with E-state index in [0.717, 1.165) is 60.8 Å². The molecule has 1 saturated heterocycles. The number of hydrogen-bond donors (Lipinski definition) is 1. The minimum absolute atomic E-state index is 0.323. The fourth-order valence-electron chi connectivity index (χ4n) is 3.79. The first-order valence-corrected chi connectivity index (χ1v) is 10.4. The van der Waals surface area contributed by atoms with Crippen molar-refractivity contribution in [3.8, 4) is 5.75 Å². The molecular weight excluding hydrogens is 380 g/mol. The van der Waals surface area contributed by atoms with Gasteiger partial charge in [-0.1, -0.05) is 30.3 Å². The highest BCUT2D eigenvalue weighted by Gasteiger charge is 2.21. The fraction of sp³-hybridized carbons (Fsp3) is 0.375. The summed E-state index contributed by atoms with van der Waals surface area (Å²) in [5, 5.41) is 0.821. The number of carbonyl (C=O) groups is 1. The van der Waals surface area contributed by atoms with Crippen molar-refractivity contribution in [2.24, 2.45) is 0 Å². The van der Waals surface area contributed by atoms with E-state index in [0.29, 0.717) is 12.2 Å². The maximum absolute atomic E-state index is 13.0. The lowest BCUT2D eigenvalue weighted by molar-refractivity contribution is 0.0322. The Labute approximate surface area is 176 Å². The molecular formula is C24H28N2O4. The second-order valence-corrected chi connectivity index (χ2v) is 7.59. The first-order chi connectivity index (χ1) is 14.6. The summed E-state index contributed by atoms with van der Waals surface area (Å²) in [5.74, 6) is 0.417. The molecule has 0 amide bonds. The number of nitrogens with zero attached hydrogens (tertiary/aromatic N) is 1. The minimum Gasteiger partial charge on any atom is -0.492 e. The molecule has 0 aliphatic carbocycles. The number of hydrogen-bond acceptors (Lipinski definition) is 5. The van der Waals surface area contributed by atoms with Crippen LogP contribution in [0, 0.1) is 6.92 Å². The van der Waals surface area contributed by atoms with Crippen molar-refractivity contribution in [2.45, 2.75) is 20.0 Å². The first kappa shape index (κ1) is 20.4. The van der Waals surface area contributed by atoms with Gasteiger partial charge in [0.05, 0.1) is 18.8 Å². The number of fused-ring (bicyclic) bond motifs is 1. The van der Waals surface area contributed by atoms with Gasteiger partial charge >= 0.3 is 5.97 Å². The van der Waals surface area contributed by atoms with Crippen LogP contribution >= 0.6 is 0 Å². The van der Waals surface area contributed by atoms with E-state index >= 15 is 0 Å². The number of aromatic amines is 1. The van der Waals surface area contributed by atoms with Gasteiger partial charge < -0.3 is 19.2 Å². The number of carbonyl (C=O) groups excluding carboxylic acids is 1. The van der Waals surface area contributed by atoms with Gasteiger partial charge in [-0.05, 0) is 37.6 Å². The summed E-state index contributed by atoms with van der Waals surface area (Å²) in [7, 11) is 0. The molecule has 6 nitrogen and oxygen atoms in total. The maximum atomic E-state index is 13.0. The van der Waals surface area contributed by atoms with E-state index < -0.39 is 0 Å². The number of rotatable bonds is 7. The molecule has 6 heteroatoms. The number of morpholine rings is 1. The van der Waals surface area contributed by atoms with Crippen molar-refractivity contribution in [1.82, 2.24) is 9.88 Å². The highest BCUT2D eigenvalue weighted by molar-refractivity contribution is 6.06. The summed E-state index contributed by atoms with van der Waals surface area (Å²) >= 11 is 0. The van der Waals surface area contributed by atoms with Gasteiger partial charge in [-0.3, -0.25) is 4.90 Å². The zero-order valence-electron chi connectivity index (χ0n) is 17.5. The van der Waals surface area contributed by atoms with E-state index in [-0.39, 0.29) is 12.1 Å². The molecule has 2 heterocycles. The number of aryl methyl sites for hydroxylation is 1. The van der Waals surface area contributed by atoms with Gasteiger partial charge in [-0.25, -0.2) is 4.79 Å².